The van der Waals surface area contributed by atoms with Crippen molar-refractivity contribution < 1.29 is 9.50 Å². The zero-order valence-electron chi connectivity index (χ0n) is 10.7. The molecule has 18 heavy (non-hydrogen) atoms. The highest BCUT2D eigenvalue weighted by atomic mass is 19.1. The largest absolute Gasteiger partial charge is 0.505 e. The molecule has 0 fully saturated rings. The Morgan fingerprint density at radius 1 is 1.39 bits per heavy atom. The molecule has 0 aliphatic carbocycles. The predicted molar refractivity (Wildman–Crippen MR) is 68.1 cm³/mol. The molecular weight excluding hydrogens is 233 g/mol. The van der Waals surface area contributed by atoms with Crippen molar-refractivity contribution in [3.8, 4) is 5.75 Å². The Labute approximate surface area is 105 Å². The summed E-state index contributed by atoms with van der Waals surface area (Å²) in [6.45, 7) is 4.39. The first kappa shape index (κ1) is 12.4. The predicted octanol–water partition coefficient (Wildman–Crippen LogP) is 2.49. The third-order valence-electron chi connectivity index (χ3n) is 2.99. The van der Waals surface area contributed by atoms with E-state index in [1.807, 2.05) is 20.9 Å². The van der Waals surface area contributed by atoms with Crippen LogP contribution in [0.4, 0.5) is 10.1 Å². The zero-order chi connectivity index (χ0) is 13.3. The summed E-state index contributed by atoms with van der Waals surface area (Å²) in [5.41, 5.74) is 3.68. The van der Waals surface area contributed by atoms with E-state index in [1.54, 1.807) is 10.7 Å². The lowest BCUT2D eigenvalue weighted by molar-refractivity contribution is 0.432. The highest BCUT2D eigenvalue weighted by molar-refractivity contribution is 5.52. The number of hydrogen-bond donors (Lipinski definition) is 2. The van der Waals surface area contributed by atoms with Crippen LogP contribution < -0.4 is 5.32 Å². The molecule has 0 saturated carbocycles. The topological polar surface area (TPSA) is 50.1 Å². The minimum absolute atomic E-state index is 0.326. The Balaban J connectivity index is 2.14. The van der Waals surface area contributed by atoms with Gasteiger partial charge < -0.3 is 10.4 Å². The molecule has 1 aromatic carbocycles. The van der Waals surface area contributed by atoms with Crippen molar-refractivity contribution in [3.05, 3.63) is 41.0 Å². The van der Waals surface area contributed by atoms with Crippen molar-refractivity contribution in [2.75, 3.05) is 5.32 Å². The van der Waals surface area contributed by atoms with Gasteiger partial charge in [0.15, 0.2) is 11.6 Å². The fourth-order valence-corrected chi connectivity index (χ4v) is 1.88. The molecule has 0 aliphatic rings. The average molecular weight is 249 g/mol. The van der Waals surface area contributed by atoms with Crippen LogP contribution in [0.25, 0.3) is 0 Å². The van der Waals surface area contributed by atoms with Crippen molar-refractivity contribution in [1.29, 1.82) is 0 Å². The molecule has 0 amide bonds. The number of nitrogens with one attached hydrogen (secondary N) is 1. The summed E-state index contributed by atoms with van der Waals surface area (Å²) in [5, 5.41) is 16.6. The number of rotatable bonds is 3. The first-order valence-corrected chi connectivity index (χ1v) is 5.70. The monoisotopic (exact) mass is 249 g/mol. The van der Waals surface area contributed by atoms with Crippen molar-refractivity contribution in [1.82, 2.24) is 9.78 Å². The highest BCUT2D eigenvalue weighted by Crippen LogP contribution is 2.21. The van der Waals surface area contributed by atoms with E-state index in [4.69, 9.17) is 5.11 Å². The number of phenolic OH excluding ortho intramolecular Hbond substituents is 1. The zero-order valence-corrected chi connectivity index (χ0v) is 10.7. The van der Waals surface area contributed by atoms with Gasteiger partial charge in [-0.2, -0.15) is 5.10 Å². The third kappa shape index (κ3) is 2.30. The number of nitrogens with zero attached hydrogens (tertiary/aromatic N) is 2. The molecule has 0 aliphatic heterocycles. The van der Waals surface area contributed by atoms with E-state index in [2.05, 4.69) is 10.4 Å². The maximum Gasteiger partial charge on any atom is 0.165 e. The Kier molecular flexibility index (Phi) is 3.23. The second kappa shape index (κ2) is 4.68. The SMILES string of the molecule is Cc1nn(C)c(C)c1NCc1ccc(O)c(F)c1. The van der Waals surface area contributed by atoms with Crippen LogP contribution in [0.3, 0.4) is 0 Å². The minimum Gasteiger partial charge on any atom is -0.505 e. The van der Waals surface area contributed by atoms with Gasteiger partial charge in [0, 0.05) is 13.6 Å². The molecule has 0 radical (unpaired) electrons. The Bertz CT molecular complexity index is 578. The van der Waals surface area contributed by atoms with Crippen LogP contribution in [0.2, 0.25) is 0 Å². The standard InChI is InChI=1S/C13H16FN3O/c1-8-13(9(2)17(3)16-8)15-7-10-4-5-12(18)11(14)6-10/h4-6,15,18H,7H2,1-3H3. The molecule has 2 aromatic rings. The number of anilines is 1. The van der Waals surface area contributed by atoms with Crippen molar-refractivity contribution in [3.63, 3.8) is 0 Å². The second-order valence-corrected chi connectivity index (χ2v) is 4.31. The molecule has 5 heteroatoms. The molecule has 0 spiro atoms. The van der Waals surface area contributed by atoms with Crippen LogP contribution in [0.1, 0.15) is 17.0 Å². The lowest BCUT2D eigenvalue weighted by atomic mass is 10.2. The number of aromatic nitrogens is 2. The van der Waals surface area contributed by atoms with E-state index in [1.165, 1.54) is 12.1 Å². The Hall–Kier alpha value is -2.04. The maximum absolute atomic E-state index is 13.2. The van der Waals surface area contributed by atoms with Gasteiger partial charge in [-0.3, -0.25) is 4.68 Å². The smallest absolute Gasteiger partial charge is 0.165 e. The highest BCUT2D eigenvalue weighted by Gasteiger charge is 2.09. The number of benzene rings is 1. The molecule has 0 bridgehead atoms. The van der Waals surface area contributed by atoms with E-state index in [0.717, 1.165) is 22.6 Å². The summed E-state index contributed by atoms with van der Waals surface area (Å²) in [7, 11) is 1.88. The number of phenols is 1. The van der Waals surface area contributed by atoms with E-state index in [9.17, 15) is 4.39 Å². The summed E-state index contributed by atoms with van der Waals surface area (Å²) in [5.74, 6) is -0.929. The quantitative estimate of drug-likeness (QED) is 0.878. The van der Waals surface area contributed by atoms with Crippen LogP contribution in [-0.2, 0) is 13.6 Å². The van der Waals surface area contributed by atoms with E-state index < -0.39 is 5.82 Å². The molecule has 1 heterocycles. The fraction of sp³-hybridized carbons (Fsp3) is 0.308. The number of aromatic hydroxyl groups is 1. The number of aryl methyl sites for hydroxylation is 2. The van der Waals surface area contributed by atoms with Crippen LogP contribution in [0, 0.1) is 19.7 Å². The van der Waals surface area contributed by atoms with Gasteiger partial charge >= 0.3 is 0 Å². The average Bonchev–Trinajstić information content (AvgIpc) is 2.56. The minimum atomic E-state index is -0.603. The summed E-state index contributed by atoms with van der Waals surface area (Å²) in [6, 6.07) is 4.37. The van der Waals surface area contributed by atoms with Crippen molar-refractivity contribution >= 4 is 5.69 Å². The van der Waals surface area contributed by atoms with E-state index >= 15 is 0 Å². The third-order valence-corrected chi connectivity index (χ3v) is 2.99. The molecular formula is C13H16FN3O. The molecule has 4 nitrogen and oxygen atoms in total. The van der Waals surface area contributed by atoms with E-state index in [0.29, 0.717) is 6.54 Å². The lowest BCUT2D eigenvalue weighted by Crippen LogP contribution is -2.02. The van der Waals surface area contributed by atoms with Gasteiger partial charge in [0.25, 0.3) is 0 Å². The first-order valence-electron chi connectivity index (χ1n) is 5.70. The van der Waals surface area contributed by atoms with Gasteiger partial charge in [-0.25, -0.2) is 4.39 Å². The van der Waals surface area contributed by atoms with Gasteiger partial charge in [-0.05, 0) is 31.5 Å². The van der Waals surface area contributed by atoms with Crippen molar-refractivity contribution in [2.24, 2.45) is 7.05 Å². The Morgan fingerprint density at radius 3 is 2.67 bits per heavy atom. The molecule has 0 atom stereocenters. The van der Waals surface area contributed by atoms with Crippen LogP contribution >= 0.6 is 0 Å². The number of halogens is 1. The van der Waals surface area contributed by atoms with Crippen molar-refractivity contribution in [2.45, 2.75) is 20.4 Å². The molecule has 96 valence electrons. The molecule has 2 rings (SSSR count). The van der Waals surface area contributed by atoms with Crippen LogP contribution in [0.5, 0.6) is 5.75 Å². The van der Waals surface area contributed by atoms with Gasteiger partial charge in [-0.15, -0.1) is 0 Å². The van der Waals surface area contributed by atoms with Crippen LogP contribution in [-0.4, -0.2) is 14.9 Å². The summed E-state index contributed by atoms with van der Waals surface area (Å²) >= 11 is 0. The van der Waals surface area contributed by atoms with Gasteiger partial charge in [0.05, 0.1) is 17.1 Å². The molecule has 0 unspecified atom stereocenters. The first-order chi connectivity index (χ1) is 8.49. The maximum atomic E-state index is 13.2. The molecule has 2 N–H and O–H groups in total. The normalized spacial score (nSPS) is 10.7. The van der Waals surface area contributed by atoms with Gasteiger partial charge in [0.1, 0.15) is 0 Å². The molecule has 1 aromatic heterocycles. The van der Waals surface area contributed by atoms with Gasteiger partial charge in [0.2, 0.25) is 0 Å². The summed E-state index contributed by atoms with van der Waals surface area (Å²) in [6.07, 6.45) is 0. The Morgan fingerprint density at radius 2 is 2.11 bits per heavy atom. The summed E-state index contributed by atoms with van der Waals surface area (Å²) in [4.78, 5) is 0. The number of hydrogen-bond acceptors (Lipinski definition) is 3. The summed E-state index contributed by atoms with van der Waals surface area (Å²) < 4.78 is 15.0. The lowest BCUT2D eigenvalue weighted by Gasteiger charge is -2.07. The van der Waals surface area contributed by atoms with Gasteiger partial charge in [-0.1, -0.05) is 6.07 Å². The van der Waals surface area contributed by atoms with E-state index in [-0.39, 0.29) is 5.75 Å². The fourth-order valence-electron chi connectivity index (χ4n) is 1.88. The molecule has 0 saturated heterocycles. The van der Waals surface area contributed by atoms with Crippen LogP contribution in [0.15, 0.2) is 18.2 Å². The second-order valence-electron chi connectivity index (χ2n) is 4.31.